The fraction of sp³-hybridized carbons (Fsp3) is 0.0909. The number of rotatable bonds is 6. The van der Waals surface area contributed by atoms with Crippen molar-refractivity contribution in [3.8, 4) is 5.75 Å². The van der Waals surface area contributed by atoms with E-state index < -0.39 is 0 Å². The van der Waals surface area contributed by atoms with Crippen molar-refractivity contribution < 1.29 is 9.53 Å². The van der Waals surface area contributed by atoms with Crippen LogP contribution in [0.15, 0.2) is 77.9 Å². The van der Waals surface area contributed by atoms with Crippen LogP contribution in [0.4, 0.5) is 0 Å². The molecule has 0 unspecified atom stereocenters. The highest BCUT2D eigenvalue weighted by Gasteiger charge is 2.12. The lowest BCUT2D eigenvalue weighted by atomic mass is 10.2. The van der Waals surface area contributed by atoms with E-state index in [1.54, 1.807) is 30.5 Å². The molecule has 4 nitrogen and oxygen atoms in total. The molecule has 0 aliphatic heterocycles. The standard InChI is InChI=1S/C22H19ClN2O2/c1-16-10-12-17(13-11-16)14-24-25-22(26)19-7-3-5-9-21(19)27-15-18-6-2-4-8-20(18)23/h2-14H,15H2,1H3,(H,25,26)/b24-14+. The van der Waals surface area contributed by atoms with Crippen LogP contribution >= 0.6 is 11.6 Å². The zero-order chi connectivity index (χ0) is 19.1. The Morgan fingerprint density at radius 2 is 1.74 bits per heavy atom. The van der Waals surface area contributed by atoms with Gasteiger partial charge in [0.2, 0.25) is 0 Å². The van der Waals surface area contributed by atoms with Crippen LogP contribution in [0.25, 0.3) is 0 Å². The molecule has 0 heterocycles. The summed E-state index contributed by atoms with van der Waals surface area (Å²) in [5.74, 6) is 0.133. The van der Waals surface area contributed by atoms with Crippen LogP contribution < -0.4 is 10.2 Å². The molecule has 0 aliphatic rings. The molecule has 0 aliphatic carbocycles. The second kappa shape index (κ2) is 9.01. The van der Waals surface area contributed by atoms with Crippen molar-refractivity contribution in [2.75, 3.05) is 0 Å². The highest BCUT2D eigenvalue weighted by molar-refractivity contribution is 6.31. The summed E-state index contributed by atoms with van der Waals surface area (Å²) in [4.78, 5) is 12.5. The van der Waals surface area contributed by atoms with Crippen molar-refractivity contribution in [2.24, 2.45) is 5.10 Å². The van der Waals surface area contributed by atoms with Gasteiger partial charge in [-0.2, -0.15) is 5.10 Å². The Morgan fingerprint density at radius 1 is 1.04 bits per heavy atom. The van der Waals surface area contributed by atoms with Gasteiger partial charge in [-0.15, -0.1) is 0 Å². The second-order valence-electron chi connectivity index (χ2n) is 5.99. The van der Waals surface area contributed by atoms with E-state index in [-0.39, 0.29) is 12.5 Å². The van der Waals surface area contributed by atoms with Crippen molar-refractivity contribution in [3.63, 3.8) is 0 Å². The van der Waals surface area contributed by atoms with Gasteiger partial charge in [-0.05, 0) is 30.7 Å². The Morgan fingerprint density at radius 3 is 2.52 bits per heavy atom. The molecule has 0 radical (unpaired) electrons. The van der Waals surface area contributed by atoms with Gasteiger partial charge in [0.05, 0.1) is 11.8 Å². The first-order chi connectivity index (χ1) is 13.1. The van der Waals surface area contributed by atoms with Gasteiger partial charge in [0.25, 0.3) is 5.91 Å². The highest BCUT2D eigenvalue weighted by atomic mass is 35.5. The van der Waals surface area contributed by atoms with Crippen molar-refractivity contribution in [1.29, 1.82) is 0 Å². The molecular formula is C22H19ClN2O2. The quantitative estimate of drug-likeness (QED) is 0.485. The Balaban J connectivity index is 1.66. The number of hydrogen-bond acceptors (Lipinski definition) is 3. The minimum Gasteiger partial charge on any atom is -0.488 e. The van der Waals surface area contributed by atoms with Gasteiger partial charge in [-0.3, -0.25) is 4.79 Å². The average molecular weight is 379 g/mol. The van der Waals surface area contributed by atoms with Crippen LogP contribution in [0, 0.1) is 6.92 Å². The molecule has 5 heteroatoms. The van der Waals surface area contributed by atoms with Crippen molar-refractivity contribution in [2.45, 2.75) is 13.5 Å². The summed E-state index contributed by atoms with van der Waals surface area (Å²) in [7, 11) is 0. The first-order valence-corrected chi connectivity index (χ1v) is 8.86. The molecule has 0 atom stereocenters. The number of aryl methyl sites for hydroxylation is 1. The van der Waals surface area contributed by atoms with Crippen LogP contribution in [-0.4, -0.2) is 12.1 Å². The fourth-order valence-corrected chi connectivity index (χ4v) is 2.62. The Bertz CT molecular complexity index is 953. The summed E-state index contributed by atoms with van der Waals surface area (Å²) >= 11 is 6.15. The van der Waals surface area contributed by atoms with Gasteiger partial charge in [0.1, 0.15) is 12.4 Å². The maximum atomic E-state index is 12.5. The molecule has 3 rings (SSSR count). The number of para-hydroxylation sites is 1. The maximum Gasteiger partial charge on any atom is 0.275 e. The highest BCUT2D eigenvalue weighted by Crippen LogP contribution is 2.22. The first kappa shape index (κ1) is 18.7. The molecule has 0 aromatic heterocycles. The summed E-state index contributed by atoms with van der Waals surface area (Å²) in [5, 5.41) is 4.65. The molecule has 0 saturated heterocycles. The minimum atomic E-state index is -0.340. The Labute approximate surface area is 163 Å². The summed E-state index contributed by atoms with van der Waals surface area (Å²) in [5.41, 5.74) is 5.87. The summed E-state index contributed by atoms with van der Waals surface area (Å²) < 4.78 is 5.81. The number of ether oxygens (including phenoxy) is 1. The third-order valence-electron chi connectivity index (χ3n) is 3.93. The summed E-state index contributed by atoms with van der Waals surface area (Å²) in [6, 6.07) is 22.3. The van der Waals surface area contributed by atoms with E-state index >= 15 is 0 Å². The third kappa shape index (κ3) is 5.19. The second-order valence-corrected chi connectivity index (χ2v) is 6.39. The van der Waals surface area contributed by atoms with Crippen LogP contribution in [-0.2, 0) is 6.61 Å². The predicted molar refractivity (Wildman–Crippen MR) is 108 cm³/mol. The molecule has 1 amide bonds. The maximum absolute atomic E-state index is 12.5. The number of benzene rings is 3. The van der Waals surface area contributed by atoms with E-state index in [2.05, 4.69) is 10.5 Å². The molecule has 0 fully saturated rings. The largest absolute Gasteiger partial charge is 0.488 e. The molecule has 3 aromatic rings. The topological polar surface area (TPSA) is 50.7 Å². The van der Waals surface area contributed by atoms with E-state index in [4.69, 9.17) is 16.3 Å². The number of amides is 1. The van der Waals surface area contributed by atoms with Crippen LogP contribution in [0.3, 0.4) is 0 Å². The van der Waals surface area contributed by atoms with E-state index in [0.717, 1.165) is 11.1 Å². The summed E-state index contributed by atoms with van der Waals surface area (Å²) in [6.45, 7) is 2.29. The molecule has 0 spiro atoms. The van der Waals surface area contributed by atoms with Crippen molar-refractivity contribution in [1.82, 2.24) is 5.43 Å². The Kier molecular flexibility index (Phi) is 6.23. The normalized spacial score (nSPS) is 10.7. The van der Waals surface area contributed by atoms with E-state index in [0.29, 0.717) is 16.3 Å². The smallest absolute Gasteiger partial charge is 0.275 e. The van der Waals surface area contributed by atoms with Gasteiger partial charge >= 0.3 is 0 Å². The Hall–Kier alpha value is -3.11. The number of carbonyl (C=O) groups excluding carboxylic acids is 1. The van der Waals surface area contributed by atoms with Crippen LogP contribution in [0.1, 0.15) is 27.0 Å². The third-order valence-corrected chi connectivity index (χ3v) is 4.30. The van der Waals surface area contributed by atoms with E-state index in [9.17, 15) is 4.79 Å². The number of carbonyl (C=O) groups is 1. The first-order valence-electron chi connectivity index (χ1n) is 8.49. The average Bonchev–Trinajstić information content (AvgIpc) is 2.69. The van der Waals surface area contributed by atoms with Gasteiger partial charge in [0, 0.05) is 10.6 Å². The van der Waals surface area contributed by atoms with Gasteiger partial charge in [0.15, 0.2) is 0 Å². The van der Waals surface area contributed by atoms with E-state index in [1.165, 1.54) is 5.56 Å². The SMILES string of the molecule is Cc1ccc(/C=N/NC(=O)c2ccccc2OCc2ccccc2Cl)cc1. The van der Waals surface area contributed by atoms with Gasteiger partial charge < -0.3 is 4.74 Å². The predicted octanol–water partition coefficient (Wildman–Crippen LogP) is 4.99. The zero-order valence-electron chi connectivity index (χ0n) is 14.9. The molecule has 1 N–H and O–H groups in total. The van der Waals surface area contributed by atoms with Crippen LogP contribution in [0.5, 0.6) is 5.75 Å². The number of hydrogen-bond donors (Lipinski definition) is 1. The lowest BCUT2D eigenvalue weighted by Crippen LogP contribution is -2.18. The molecule has 3 aromatic carbocycles. The van der Waals surface area contributed by atoms with E-state index in [1.807, 2.05) is 55.5 Å². The number of hydrazone groups is 1. The van der Waals surface area contributed by atoms with Crippen molar-refractivity contribution in [3.05, 3.63) is 100 Å². The molecule has 0 bridgehead atoms. The lowest BCUT2D eigenvalue weighted by molar-refractivity contribution is 0.0950. The van der Waals surface area contributed by atoms with Gasteiger partial charge in [-0.25, -0.2) is 5.43 Å². The molecule has 27 heavy (non-hydrogen) atoms. The summed E-state index contributed by atoms with van der Waals surface area (Å²) in [6.07, 6.45) is 1.60. The monoisotopic (exact) mass is 378 g/mol. The minimum absolute atomic E-state index is 0.274. The molecular weight excluding hydrogens is 360 g/mol. The molecule has 0 saturated carbocycles. The number of nitrogens with zero attached hydrogens (tertiary/aromatic N) is 1. The molecule has 136 valence electrons. The number of halogens is 1. The lowest BCUT2D eigenvalue weighted by Gasteiger charge is -2.11. The van der Waals surface area contributed by atoms with Crippen molar-refractivity contribution >= 4 is 23.7 Å². The zero-order valence-corrected chi connectivity index (χ0v) is 15.6. The fourth-order valence-electron chi connectivity index (χ4n) is 2.43. The van der Waals surface area contributed by atoms with Gasteiger partial charge in [-0.1, -0.05) is 71.8 Å². The number of nitrogens with one attached hydrogen (secondary N) is 1. The van der Waals surface area contributed by atoms with Crippen LogP contribution in [0.2, 0.25) is 5.02 Å².